The summed E-state index contributed by atoms with van der Waals surface area (Å²) in [4.78, 5) is 11.0. The minimum Gasteiger partial charge on any atom is -0.480 e. The van der Waals surface area contributed by atoms with Crippen LogP contribution in [0.25, 0.3) is 0 Å². The summed E-state index contributed by atoms with van der Waals surface area (Å²) in [6.45, 7) is 0.592. The average molecular weight is 259 g/mol. The number of nitrogens with one attached hydrogen (secondary N) is 2. The van der Waals surface area contributed by atoms with Crippen LogP contribution in [0.2, 0.25) is 0 Å². The van der Waals surface area contributed by atoms with Crippen molar-refractivity contribution in [3.63, 3.8) is 0 Å². The summed E-state index contributed by atoms with van der Waals surface area (Å²) in [7, 11) is 0. The van der Waals surface area contributed by atoms with Crippen LogP contribution in [-0.2, 0) is 24.2 Å². The van der Waals surface area contributed by atoms with Crippen molar-refractivity contribution in [3.05, 3.63) is 40.7 Å². The summed E-state index contributed by atoms with van der Waals surface area (Å²) in [5, 5.41) is 25.8. The van der Waals surface area contributed by atoms with Gasteiger partial charge in [0.15, 0.2) is 5.82 Å². The highest BCUT2D eigenvalue weighted by atomic mass is 16.4. The number of carbonyl (C=O) groups is 1. The zero-order valence-electron chi connectivity index (χ0n) is 10.1. The molecule has 0 bridgehead atoms. The molecule has 0 fully saturated rings. The van der Waals surface area contributed by atoms with E-state index in [1.807, 2.05) is 18.2 Å². The molecule has 0 unspecified atom stereocenters. The van der Waals surface area contributed by atoms with E-state index in [2.05, 4.69) is 25.9 Å². The predicted octanol–water partition coefficient (Wildman–Crippen LogP) is -0.111. The number of aromatic nitrogens is 4. The fraction of sp³-hybridized carbons (Fsp3) is 0.333. The molecule has 7 nitrogen and oxygen atoms in total. The molecule has 3 N–H and O–H groups in total. The first-order valence-corrected chi connectivity index (χ1v) is 6.01. The molecule has 98 valence electrons. The molecule has 1 aliphatic heterocycles. The van der Waals surface area contributed by atoms with Crippen LogP contribution in [0.15, 0.2) is 18.2 Å². The Hall–Kier alpha value is -2.28. The van der Waals surface area contributed by atoms with Gasteiger partial charge in [0.2, 0.25) is 0 Å². The van der Waals surface area contributed by atoms with E-state index in [9.17, 15) is 4.79 Å². The molecular weight excluding hydrogens is 246 g/mol. The molecule has 1 atom stereocenters. The topological polar surface area (TPSA) is 104 Å². The zero-order chi connectivity index (χ0) is 13.2. The van der Waals surface area contributed by atoms with Crippen LogP contribution in [-0.4, -0.2) is 37.7 Å². The number of rotatable bonds is 3. The molecule has 0 amide bonds. The van der Waals surface area contributed by atoms with Crippen LogP contribution in [0.5, 0.6) is 0 Å². The molecule has 0 saturated heterocycles. The van der Waals surface area contributed by atoms with Crippen LogP contribution in [0.1, 0.15) is 22.5 Å². The first-order chi connectivity index (χ1) is 9.22. The summed E-state index contributed by atoms with van der Waals surface area (Å²) < 4.78 is 0. The van der Waals surface area contributed by atoms with E-state index in [4.69, 9.17) is 5.11 Å². The Morgan fingerprint density at radius 3 is 3.05 bits per heavy atom. The molecule has 1 aliphatic rings. The normalized spacial score (nSPS) is 18.0. The Labute approximate surface area is 109 Å². The van der Waals surface area contributed by atoms with Gasteiger partial charge in [0.1, 0.15) is 6.04 Å². The molecule has 0 spiro atoms. The molecule has 7 heteroatoms. The van der Waals surface area contributed by atoms with E-state index in [1.54, 1.807) is 0 Å². The highest BCUT2D eigenvalue weighted by Gasteiger charge is 2.23. The number of aliphatic carboxylic acids is 1. The third-order valence-corrected chi connectivity index (χ3v) is 3.28. The van der Waals surface area contributed by atoms with E-state index in [-0.39, 0.29) is 0 Å². The summed E-state index contributed by atoms with van der Waals surface area (Å²) in [5.74, 6) is -0.183. The van der Waals surface area contributed by atoms with Gasteiger partial charge in [-0.15, -0.1) is 10.2 Å². The van der Waals surface area contributed by atoms with Crippen molar-refractivity contribution >= 4 is 5.97 Å². The Morgan fingerprint density at radius 2 is 2.32 bits per heavy atom. The monoisotopic (exact) mass is 259 g/mol. The van der Waals surface area contributed by atoms with Gasteiger partial charge < -0.3 is 10.4 Å². The van der Waals surface area contributed by atoms with Crippen LogP contribution in [0, 0.1) is 0 Å². The maximum absolute atomic E-state index is 11.0. The second-order valence-electron chi connectivity index (χ2n) is 4.58. The number of H-pyrrole nitrogens is 1. The lowest BCUT2D eigenvalue weighted by Gasteiger charge is -2.23. The summed E-state index contributed by atoms with van der Waals surface area (Å²) in [6, 6.07) is 5.56. The molecule has 1 aromatic heterocycles. The second kappa shape index (κ2) is 4.77. The number of carboxylic acid groups (broad SMARTS) is 1. The fourth-order valence-electron chi connectivity index (χ4n) is 2.29. The number of hydrogen-bond donors (Lipinski definition) is 3. The van der Waals surface area contributed by atoms with E-state index in [0.29, 0.717) is 25.2 Å². The molecule has 3 rings (SSSR count). The molecule has 0 radical (unpaired) electrons. The first-order valence-electron chi connectivity index (χ1n) is 6.01. The van der Waals surface area contributed by atoms with Gasteiger partial charge in [0, 0.05) is 13.0 Å². The van der Waals surface area contributed by atoms with Gasteiger partial charge in [-0.05, 0) is 23.1 Å². The van der Waals surface area contributed by atoms with E-state index >= 15 is 0 Å². The van der Waals surface area contributed by atoms with Gasteiger partial charge in [0.05, 0.1) is 0 Å². The van der Waals surface area contributed by atoms with Crippen LogP contribution in [0.3, 0.4) is 0 Å². The molecule has 1 aromatic carbocycles. The average Bonchev–Trinajstić information content (AvgIpc) is 2.90. The minimum atomic E-state index is -0.811. The number of aromatic amines is 1. The van der Waals surface area contributed by atoms with Gasteiger partial charge in [-0.2, -0.15) is 5.21 Å². The number of tetrazole rings is 1. The summed E-state index contributed by atoms with van der Waals surface area (Å²) >= 11 is 0. The molecule has 19 heavy (non-hydrogen) atoms. The van der Waals surface area contributed by atoms with Gasteiger partial charge >= 0.3 is 5.97 Å². The van der Waals surface area contributed by atoms with Crippen molar-refractivity contribution < 1.29 is 9.90 Å². The van der Waals surface area contributed by atoms with E-state index < -0.39 is 12.0 Å². The van der Waals surface area contributed by atoms with Crippen molar-refractivity contribution in [2.24, 2.45) is 0 Å². The molecular formula is C12H13N5O2. The van der Waals surface area contributed by atoms with E-state index in [1.165, 1.54) is 0 Å². The van der Waals surface area contributed by atoms with Crippen molar-refractivity contribution in [1.82, 2.24) is 25.9 Å². The highest BCUT2D eigenvalue weighted by molar-refractivity contribution is 5.74. The van der Waals surface area contributed by atoms with Crippen LogP contribution >= 0.6 is 0 Å². The number of fused-ring (bicyclic) bond motifs is 1. The SMILES string of the molecule is O=C(O)[C@@H]1Cc2cc(Cc3nn[nH]n3)ccc2CN1. The van der Waals surface area contributed by atoms with E-state index in [0.717, 1.165) is 16.7 Å². The second-order valence-corrected chi connectivity index (χ2v) is 4.58. The third kappa shape index (κ3) is 2.45. The van der Waals surface area contributed by atoms with Gasteiger partial charge in [-0.3, -0.25) is 4.79 Å². The first kappa shape index (κ1) is 11.8. The Balaban J connectivity index is 1.82. The standard InChI is InChI=1S/C12H13N5O2/c18-12(19)10-5-9-3-7(1-2-8(9)6-13-10)4-11-14-16-17-15-11/h1-3,10,13H,4-6H2,(H,18,19)(H,14,15,16,17)/t10-/m0/s1. The fourth-order valence-corrected chi connectivity index (χ4v) is 2.29. The largest absolute Gasteiger partial charge is 0.480 e. The number of benzene rings is 1. The quantitative estimate of drug-likeness (QED) is 0.710. The molecule has 0 saturated carbocycles. The Kier molecular flexibility index (Phi) is 2.96. The maximum atomic E-state index is 11.0. The van der Waals surface area contributed by atoms with Crippen molar-refractivity contribution in [2.45, 2.75) is 25.4 Å². The third-order valence-electron chi connectivity index (χ3n) is 3.28. The Bertz CT molecular complexity index is 596. The summed E-state index contributed by atoms with van der Waals surface area (Å²) in [6.07, 6.45) is 1.10. The lowest BCUT2D eigenvalue weighted by Crippen LogP contribution is -2.41. The summed E-state index contributed by atoms with van der Waals surface area (Å²) in [5.41, 5.74) is 3.28. The number of nitrogens with zero attached hydrogens (tertiary/aromatic N) is 3. The Morgan fingerprint density at radius 1 is 1.42 bits per heavy atom. The van der Waals surface area contributed by atoms with Crippen LogP contribution in [0.4, 0.5) is 0 Å². The number of hydrogen-bond acceptors (Lipinski definition) is 5. The van der Waals surface area contributed by atoms with Gasteiger partial charge in [-0.25, -0.2) is 0 Å². The lowest BCUT2D eigenvalue weighted by atomic mass is 9.93. The van der Waals surface area contributed by atoms with Crippen molar-refractivity contribution in [1.29, 1.82) is 0 Å². The maximum Gasteiger partial charge on any atom is 0.321 e. The number of carboxylic acids is 1. The van der Waals surface area contributed by atoms with Crippen molar-refractivity contribution in [3.8, 4) is 0 Å². The van der Waals surface area contributed by atoms with Crippen LogP contribution < -0.4 is 5.32 Å². The highest BCUT2D eigenvalue weighted by Crippen LogP contribution is 2.19. The smallest absolute Gasteiger partial charge is 0.321 e. The van der Waals surface area contributed by atoms with Crippen molar-refractivity contribution in [2.75, 3.05) is 0 Å². The molecule has 0 aliphatic carbocycles. The zero-order valence-corrected chi connectivity index (χ0v) is 10.1. The molecule has 2 heterocycles. The predicted molar refractivity (Wildman–Crippen MR) is 65.4 cm³/mol. The minimum absolute atomic E-state index is 0.505. The molecule has 2 aromatic rings. The lowest BCUT2D eigenvalue weighted by molar-refractivity contribution is -0.139. The van der Waals surface area contributed by atoms with Gasteiger partial charge in [0.25, 0.3) is 0 Å². The van der Waals surface area contributed by atoms with Gasteiger partial charge in [-0.1, -0.05) is 23.4 Å².